The van der Waals surface area contributed by atoms with Crippen LogP contribution in [0.15, 0.2) is 97.3 Å². The summed E-state index contributed by atoms with van der Waals surface area (Å²) in [5.41, 5.74) is 3.33. The average Bonchev–Trinajstić information content (AvgIpc) is 3.30. The zero-order valence-corrected chi connectivity index (χ0v) is 18.4. The topological polar surface area (TPSA) is 64.4 Å². The fourth-order valence-electron chi connectivity index (χ4n) is 3.42. The van der Waals surface area contributed by atoms with Gasteiger partial charge in [-0.1, -0.05) is 60.7 Å². The minimum Gasteiger partial charge on any atom is -0.484 e. The van der Waals surface area contributed by atoms with Gasteiger partial charge in [0.1, 0.15) is 5.75 Å². The molecule has 3 aromatic carbocycles. The molecule has 0 aliphatic carbocycles. The van der Waals surface area contributed by atoms with E-state index in [1.54, 1.807) is 54.5 Å². The van der Waals surface area contributed by atoms with E-state index in [1.165, 1.54) is 5.56 Å². The van der Waals surface area contributed by atoms with E-state index >= 15 is 0 Å². The minimum absolute atomic E-state index is 0.0502. The number of benzene rings is 3. The Bertz CT molecular complexity index is 1200. The number of likely N-dealkylation sites (N-methyl/N-ethyl adjacent to an activating group) is 1. The Balaban J connectivity index is 1.27. The van der Waals surface area contributed by atoms with Gasteiger partial charge in [0.2, 0.25) is 0 Å². The van der Waals surface area contributed by atoms with Crippen molar-refractivity contribution < 1.29 is 14.3 Å². The molecule has 0 bridgehead atoms. The van der Waals surface area contributed by atoms with Crippen molar-refractivity contribution in [3.05, 3.63) is 120 Å². The molecule has 33 heavy (non-hydrogen) atoms. The summed E-state index contributed by atoms with van der Waals surface area (Å²) in [6.07, 6.45) is 3.72. The number of ketones is 1. The van der Waals surface area contributed by atoms with Crippen molar-refractivity contribution in [3.8, 4) is 5.75 Å². The van der Waals surface area contributed by atoms with Crippen LogP contribution in [0.1, 0.15) is 27.0 Å². The van der Waals surface area contributed by atoms with Gasteiger partial charge in [0.05, 0.1) is 12.7 Å². The van der Waals surface area contributed by atoms with Crippen molar-refractivity contribution >= 4 is 11.7 Å². The minimum atomic E-state index is -0.143. The molecule has 4 rings (SSSR count). The largest absolute Gasteiger partial charge is 0.484 e. The number of nitrogens with zero attached hydrogens (tertiary/aromatic N) is 3. The third-order valence-corrected chi connectivity index (χ3v) is 5.23. The van der Waals surface area contributed by atoms with Crippen LogP contribution in [0.3, 0.4) is 0 Å². The van der Waals surface area contributed by atoms with Crippen LogP contribution < -0.4 is 4.74 Å². The number of hydrogen-bond donors (Lipinski definition) is 0. The van der Waals surface area contributed by atoms with Crippen LogP contribution in [-0.4, -0.2) is 40.0 Å². The van der Waals surface area contributed by atoms with Gasteiger partial charge >= 0.3 is 0 Å². The molecule has 0 radical (unpaired) electrons. The second-order valence-corrected chi connectivity index (χ2v) is 7.79. The molecule has 0 saturated heterocycles. The van der Waals surface area contributed by atoms with Crippen LogP contribution in [0.4, 0.5) is 0 Å². The van der Waals surface area contributed by atoms with Gasteiger partial charge in [-0.2, -0.15) is 5.10 Å². The van der Waals surface area contributed by atoms with Gasteiger partial charge in [-0.25, -0.2) is 0 Å². The average molecular weight is 440 g/mol. The zero-order valence-electron chi connectivity index (χ0n) is 18.4. The van der Waals surface area contributed by atoms with Crippen molar-refractivity contribution in [2.75, 3.05) is 13.7 Å². The zero-order chi connectivity index (χ0) is 23.0. The van der Waals surface area contributed by atoms with E-state index in [2.05, 4.69) is 17.2 Å². The van der Waals surface area contributed by atoms with Gasteiger partial charge < -0.3 is 9.64 Å². The second kappa shape index (κ2) is 10.4. The molecule has 0 saturated carbocycles. The Kier molecular flexibility index (Phi) is 6.95. The van der Waals surface area contributed by atoms with Crippen LogP contribution in [0.5, 0.6) is 5.75 Å². The highest BCUT2D eigenvalue weighted by molar-refractivity contribution is 6.08. The molecule has 6 heteroatoms. The number of aromatic nitrogens is 2. The molecule has 0 aliphatic rings. The van der Waals surface area contributed by atoms with Crippen molar-refractivity contribution in [1.29, 1.82) is 0 Å². The van der Waals surface area contributed by atoms with Gasteiger partial charge in [0.15, 0.2) is 12.4 Å². The first-order chi connectivity index (χ1) is 16.1. The Morgan fingerprint density at radius 3 is 2.18 bits per heavy atom. The summed E-state index contributed by atoms with van der Waals surface area (Å²) in [6.45, 7) is 1.05. The fraction of sp³-hybridized carbons (Fsp3) is 0.148. The van der Waals surface area contributed by atoms with E-state index in [1.807, 2.05) is 47.3 Å². The summed E-state index contributed by atoms with van der Waals surface area (Å²) in [6, 6.07) is 26.0. The molecule has 4 aromatic rings. The number of rotatable bonds is 9. The molecule has 1 heterocycles. The number of amides is 1. The summed E-state index contributed by atoms with van der Waals surface area (Å²) in [4.78, 5) is 26.6. The molecule has 166 valence electrons. The highest BCUT2D eigenvalue weighted by Crippen LogP contribution is 2.16. The van der Waals surface area contributed by atoms with Crippen molar-refractivity contribution in [3.63, 3.8) is 0 Å². The molecule has 0 unspecified atom stereocenters. The molecule has 0 atom stereocenters. The lowest BCUT2D eigenvalue weighted by atomic mass is 10.0. The first kappa shape index (κ1) is 22.0. The van der Waals surface area contributed by atoms with Crippen LogP contribution in [0.2, 0.25) is 0 Å². The first-order valence-electron chi connectivity index (χ1n) is 10.7. The van der Waals surface area contributed by atoms with E-state index in [0.717, 1.165) is 5.56 Å². The Labute approximate surface area is 193 Å². The summed E-state index contributed by atoms with van der Waals surface area (Å²) in [5.74, 6) is 0.345. The van der Waals surface area contributed by atoms with E-state index in [9.17, 15) is 9.59 Å². The van der Waals surface area contributed by atoms with Crippen molar-refractivity contribution in [2.24, 2.45) is 0 Å². The smallest absolute Gasteiger partial charge is 0.260 e. The molecular weight excluding hydrogens is 414 g/mol. The lowest BCUT2D eigenvalue weighted by Gasteiger charge is -2.16. The van der Waals surface area contributed by atoms with Gasteiger partial charge in [0, 0.05) is 36.5 Å². The molecule has 0 N–H and O–H groups in total. The Morgan fingerprint density at radius 1 is 0.848 bits per heavy atom. The molecule has 0 spiro atoms. The SMILES string of the molecule is CN(Cc1cnn(Cc2ccccc2)c1)C(=O)COc1ccc(C(=O)c2ccccc2)cc1. The quantitative estimate of drug-likeness (QED) is 0.367. The van der Waals surface area contributed by atoms with Crippen LogP contribution >= 0.6 is 0 Å². The summed E-state index contributed by atoms with van der Waals surface area (Å²) < 4.78 is 7.49. The van der Waals surface area contributed by atoms with Gasteiger partial charge in [0.25, 0.3) is 5.91 Å². The van der Waals surface area contributed by atoms with E-state index < -0.39 is 0 Å². The third kappa shape index (κ3) is 5.95. The van der Waals surface area contributed by atoms with Gasteiger partial charge in [-0.05, 0) is 29.8 Å². The maximum Gasteiger partial charge on any atom is 0.260 e. The second-order valence-electron chi connectivity index (χ2n) is 7.79. The molecule has 0 aliphatic heterocycles. The predicted octanol–water partition coefficient (Wildman–Crippen LogP) is 4.20. The molecule has 0 fully saturated rings. The van der Waals surface area contributed by atoms with Crippen molar-refractivity contribution in [2.45, 2.75) is 13.1 Å². The number of ether oxygens (including phenoxy) is 1. The summed E-state index contributed by atoms with van der Waals surface area (Å²) in [7, 11) is 1.74. The Hall–Kier alpha value is -4.19. The van der Waals surface area contributed by atoms with Gasteiger partial charge in [-0.3, -0.25) is 14.3 Å². The highest BCUT2D eigenvalue weighted by atomic mass is 16.5. The monoisotopic (exact) mass is 439 g/mol. The number of hydrogen-bond acceptors (Lipinski definition) is 4. The standard InChI is InChI=1S/C27H25N3O3/c1-29(17-22-16-28-30(19-22)18-21-8-4-2-5-9-21)26(31)20-33-25-14-12-24(13-15-25)27(32)23-10-6-3-7-11-23/h2-16,19H,17-18,20H2,1H3. The predicted molar refractivity (Wildman–Crippen MR) is 126 cm³/mol. The first-order valence-corrected chi connectivity index (χ1v) is 10.7. The van der Waals surface area contributed by atoms with E-state index in [4.69, 9.17) is 4.74 Å². The van der Waals surface area contributed by atoms with Crippen molar-refractivity contribution in [1.82, 2.24) is 14.7 Å². The third-order valence-electron chi connectivity index (χ3n) is 5.23. The molecule has 6 nitrogen and oxygen atoms in total. The van der Waals surface area contributed by atoms with Gasteiger partial charge in [-0.15, -0.1) is 0 Å². The maximum atomic E-state index is 12.5. The lowest BCUT2D eigenvalue weighted by Crippen LogP contribution is -2.30. The highest BCUT2D eigenvalue weighted by Gasteiger charge is 2.13. The maximum absolute atomic E-state index is 12.5. The van der Waals surface area contributed by atoms with E-state index in [0.29, 0.717) is 30.0 Å². The molecule has 1 amide bonds. The fourth-order valence-corrected chi connectivity index (χ4v) is 3.42. The summed E-state index contributed by atoms with van der Waals surface area (Å²) in [5, 5.41) is 4.38. The van der Waals surface area contributed by atoms with E-state index in [-0.39, 0.29) is 18.3 Å². The van der Waals surface area contributed by atoms with Crippen LogP contribution in [-0.2, 0) is 17.9 Å². The number of carbonyl (C=O) groups is 2. The molecular formula is C27H25N3O3. The summed E-state index contributed by atoms with van der Waals surface area (Å²) >= 11 is 0. The lowest BCUT2D eigenvalue weighted by molar-refractivity contribution is -0.132. The molecule has 1 aromatic heterocycles. The van der Waals surface area contributed by atoms with Crippen LogP contribution in [0.25, 0.3) is 0 Å². The Morgan fingerprint density at radius 2 is 1.48 bits per heavy atom. The normalized spacial score (nSPS) is 10.6. The van der Waals surface area contributed by atoms with Crippen LogP contribution in [0, 0.1) is 0 Å². The number of carbonyl (C=O) groups excluding carboxylic acids is 2.